The second kappa shape index (κ2) is 13.9. The molecule has 4 nitrogen and oxygen atoms in total. The molecule has 2 aliphatic rings. The van der Waals surface area contributed by atoms with Gasteiger partial charge in [0.25, 0.3) is 0 Å². The van der Waals surface area contributed by atoms with Gasteiger partial charge in [-0.1, -0.05) is 48.5 Å². The summed E-state index contributed by atoms with van der Waals surface area (Å²) in [5.74, 6) is 0. The molecule has 6 rings (SSSR count). The molecule has 0 bridgehead atoms. The van der Waals surface area contributed by atoms with Crippen molar-refractivity contribution in [1.29, 1.82) is 0 Å². The summed E-state index contributed by atoms with van der Waals surface area (Å²) in [6.07, 6.45) is 28.5. The van der Waals surface area contributed by atoms with Crippen LogP contribution in [0.3, 0.4) is 0 Å². The number of hydrogen-bond donors (Lipinski definition) is 0. The Morgan fingerprint density at radius 2 is 0.744 bits per heavy atom. The van der Waals surface area contributed by atoms with Gasteiger partial charge in [-0.3, -0.25) is 0 Å². The molecule has 0 aliphatic heterocycles. The van der Waals surface area contributed by atoms with Gasteiger partial charge in [0.1, 0.15) is 0 Å². The summed E-state index contributed by atoms with van der Waals surface area (Å²) in [6, 6.07) is 15.9. The van der Waals surface area contributed by atoms with Crippen LogP contribution in [-0.2, 0) is 39.2 Å². The molecule has 0 atom stereocenters. The number of rotatable bonds is 4. The zero-order valence-corrected chi connectivity index (χ0v) is 24.1. The van der Waals surface area contributed by atoms with Crippen LogP contribution in [0, 0.1) is 0 Å². The SMILES string of the molecule is C[S+]=C1C=CC(=C(c2ccc[n-]2)c2ccc[n-]2)C=C1.C[S+]=C1C=CC(=C(c2ccc[n-]2)c2ccc[n-]2)C=C1.[Ni+2]. The van der Waals surface area contributed by atoms with Gasteiger partial charge in [0.2, 0.25) is 9.73 Å². The van der Waals surface area contributed by atoms with Gasteiger partial charge in [-0.2, -0.15) is 24.8 Å². The summed E-state index contributed by atoms with van der Waals surface area (Å²) < 4.78 is 0. The van der Waals surface area contributed by atoms with E-state index < -0.39 is 0 Å². The monoisotopic (exact) mass is 588 g/mol. The van der Waals surface area contributed by atoms with E-state index in [0.717, 1.165) is 45.1 Å². The molecule has 0 fully saturated rings. The van der Waals surface area contributed by atoms with E-state index in [1.807, 2.05) is 73.3 Å². The molecule has 0 saturated carbocycles. The number of allylic oxidation sites excluding steroid dienone is 10. The second-order valence-electron chi connectivity index (χ2n) is 8.30. The first-order chi connectivity index (χ1) is 18.8. The topological polar surface area (TPSA) is 56.4 Å². The van der Waals surface area contributed by atoms with Gasteiger partial charge in [0, 0.05) is 24.3 Å². The van der Waals surface area contributed by atoms with E-state index in [9.17, 15) is 0 Å². The molecule has 196 valence electrons. The van der Waals surface area contributed by atoms with Crippen LogP contribution in [0.4, 0.5) is 0 Å². The van der Waals surface area contributed by atoms with Gasteiger partial charge in [0.15, 0.2) is 35.2 Å². The predicted molar refractivity (Wildman–Crippen MR) is 164 cm³/mol. The molecule has 4 aromatic heterocycles. The maximum absolute atomic E-state index is 4.41. The first kappa shape index (κ1) is 28.2. The molecule has 4 heterocycles. The van der Waals surface area contributed by atoms with Crippen LogP contribution < -0.4 is 19.9 Å². The quantitative estimate of drug-likeness (QED) is 0.195. The molecule has 39 heavy (non-hydrogen) atoms. The molecule has 0 radical (unpaired) electrons. The maximum atomic E-state index is 4.41. The van der Waals surface area contributed by atoms with Crippen LogP contribution in [0.25, 0.3) is 11.1 Å². The first-order valence-electron chi connectivity index (χ1n) is 12.1. The molecule has 0 saturated heterocycles. The summed E-state index contributed by atoms with van der Waals surface area (Å²) in [6.45, 7) is 0. The molecule has 2 aliphatic carbocycles. The Morgan fingerprint density at radius 1 is 0.462 bits per heavy atom. The van der Waals surface area contributed by atoms with Crippen molar-refractivity contribution >= 4 is 43.6 Å². The minimum Gasteiger partial charge on any atom is -0.664 e. The predicted octanol–water partition coefficient (Wildman–Crippen LogP) is 4.82. The Hall–Kier alpha value is -3.77. The normalized spacial score (nSPS) is 13.6. The molecule has 0 aromatic carbocycles. The van der Waals surface area contributed by atoms with Crippen molar-refractivity contribution in [3.8, 4) is 0 Å². The third kappa shape index (κ3) is 6.82. The van der Waals surface area contributed by atoms with E-state index in [1.54, 1.807) is 22.7 Å². The van der Waals surface area contributed by atoms with Gasteiger partial charge in [-0.05, 0) is 46.6 Å². The van der Waals surface area contributed by atoms with Crippen LogP contribution in [0.2, 0.25) is 0 Å². The average molecular weight is 589 g/mol. The van der Waals surface area contributed by atoms with Crippen LogP contribution in [0.5, 0.6) is 0 Å². The minimum absolute atomic E-state index is 0. The maximum Gasteiger partial charge on any atom is 2.00 e. The van der Waals surface area contributed by atoms with Gasteiger partial charge >= 0.3 is 16.5 Å². The minimum atomic E-state index is 0. The fraction of sp³-hybridized carbons (Fsp3) is 0.0625. The summed E-state index contributed by atoms with van der Waals surface area (Å²) in [4.78, 5) is 20.2. The smallest absolute Gasteiger partial charge is 0.664 e. The van der Waals surface area contributed by atoms with Crippen LogP contribution in [-0.4, -0.2) is 22.2 Å². The fourth-order valence-corrected chi connectivity index (χ4v) is 4.98. The first-order valence-corrected chi connectivity index (χ1v) is 14.6. The largest absolute Gasteiger partial charge is 2.00 e. The Kier molecular flexibility index (Phi) is 10.0. The summed E-state index contributed by atoms with van der Waals surface area (Å²) in [5.41, 5.74) is 8.34. The Balaban J connectivity index is 0.000000176. The zero-order chi connectivity index (χ0) is 26.2. The number of hydrogen-bond acceptors (Lipinski definition) is 0. The Bertz CT molecular complexity index is 1360. The molecule has 0 amide bonds. The summed E-state index contributed by atoms with van der Waals surface area (Å²) >= 11 is 3.49. The van der Waals surface area contributed by atoms with Crippen LogP contribution >= 0.6 is 0 Å². The third-order valence-electron chi connectivity index (χ3n) is 6.00. The van der Waals surface area contributed by atoms with Crippen molar-refractivity contribution < 1.29 is 16.5 Å². The average Bonchev–Trinajstić information content (AvgIpc) is 3.79. The molecular formula is C32H26N4NiS2. The second-order valence-corrected chi connectivity index (χ2v) is 10.1. The third-order valence-corrected chi connectivity index (χ3v) is 7.48. The fourth-order valence-electron chi connectivity index (χ4n) is 4.16. The van der Waals surface area contributed by atoms with E-state index in [2.05, 4.69) is 81.1 Å². The van der Waals surface area contributed by atoms with Crippen molar-refractivity contribution in [2.24, 2.45) is 0 Å². The molecule has 7 heteroatoms. The van der Waals surface area contributed by atoms with Crippen LogP contribution in [0.15, 0.2) is 133 Å². The van der Waals surface area contributed by atoms with E-state index in [-0.39, 0.29) is 16.5 Å². The van der Waals surface area contributed by atoms with E-state index in [1.165, 1.54) is 9.73 Å². The van der Waals surface area contributed by atoms with Crippen LogP contribution in [0.1, 0.15) is 22.8 Å². The molecule has 4 aromatic rings. The Morgan fingerprint density at radius 3 is 0.949 bits per heavy atom. The summed E-state index contributed by atoms with van der Waals surface area (Å²) in [5, 5.41) is 0. The Labute approximate surface area is 247 Å². The van der Waals surface area contributed by atoms with Gasteiger partial charge in [-0.15, -0.1) is 22.8 Å². The van der Waals surface area contributed by atoms with E-state index >= 15 is 0 Å². The molecule has 0 spiro atoms. The van der Waals surface area contributed by atoms with E-state index in [0.29, 0.717) is 0 Å². The molecule has 0 unspecified atom stereocenters. The van der Waals surface area contributed by atoms with Crippen molar-refractivity contribution in [1.82, 2.24) is 19.9 Å². The van der Waals surface area contributed by atoms with Gasteiger partial charge < -0.3 is 19.9 Å². The number of aromatic nitrogens is 4. The van der Waals surface area contributed by atoms with Crippen molar-refractivity contribution in [3.63, 3.8) is 0 Å². The summed E-state index contributed by atoms with van der Waals surface area (Å²) in [7, 11) is 0. The van der Waals surface area contributed by atoms with Gasteiger partial charge in [0.05, 0.1) is 0 Å². The zero-order valence-electron chi connectivity index (χ0n) is 21.5. The standard InChI is InChI=1S/2C16H13N2S.Ni/c2*1-19-13-8-6-12(7-9-13)16(14-4-2-10-17-14)15-5-3-11-18-15;/h2*2-11H,1H3;/q2*-1;+2. The van der Waals surface area contributed by atoms with Crippen molar-refractivity contribution in [2.45, 2.75) is 0 Å². The van der Waals surface area contributed by atoms with E-state index in [4.69, 9.17) is 0 Å². The number of nitrogens with zero attached hydrogens (tertiary/aromatic N) is 4. The van der Waals surface area contributed by atoms with Gasteiger partial charge in [-0.25, -0.2) is 0 Å². The van der Waals surface area contributed by atoms with Crippen molar-refractivity contribution in [3.05, 3.63) is 156 Å². The molecular weight excluding hydrogens is 563 g/mol. The molecule has 0 N–H and O–H groups in total. The van der Waals surface area contributed by atoms with Crippen molar-refractivity contribution in [2.75, 3.05) is 12.5 Å².